The molecule has 0 spiro atoms. The molecule has 0 aliphatic heterocycles. The van der Waals surface area contributed by atoms with E-state index in [0.717, 1.165) is 29.1 Å². The van der Waals surface area contributed by atoms with Gasteiger partial charge in [-0.2, -0.15) is 0 Å². The van der Waals surface area contributed by atoms with Crippen LogP contribution < -0.4 is 0 Å². The molecule has 0 aromatic carbocycles. The summed E-state index contributed by atoms with van der Waals surface area (Å²) in [4.78, 5) is 11.9. The molecule has 0 atom stereocenters. The Morgan fingerprint density at radius 1 is 1.00 bits per heavy atom. The molecule has 0 saturated heterocycles. The number of ketones is 1. The van der Waals surface area contributed by atoms with Crippen molar-refractivity contribution in [1.82, 2.24) is 0 Å². The zero-order chi connectivity index (χ0) is 18.3. The molecule has 0 unspecified atom stereocenters. The van der Waals surface area contributed by atoms with Gasteiger partial charge >= 0.3 is 0 Å². The van der Waals surface area contributed by atoms with E-state index >= 15 is 0 Å². The van der Waals surface area contributed by atoms with Crippen molar-refractivity contribution in [3.63, 3.8) is 0 Å². The van der Waals surface area contributed by atoms with Crippen LogP contribution in [0.15, 0.2) is 60.8 Å². The highest BCUT2D eigenvalue weighted by Gasteiger charge is 2.12. The average Bonchev–Trinajstić information content (AvgIpc) is 2.45. The van der Waals surface area contributed by atoms with Crippen LogP contribution in [0.2, 0.25) is 0 Å². The molecule has 0 N–H and O–H groups in total. The molecule has 0 aliphatic carbocycles. The van der Waals surface area contributed by atoms with Crippen molar-refractivity contribution in [1.29, 1.82) is 0 Å². The van der Waals surface area contributed by atoms with Gasteiger partial charge in [-0.1, -0.05) is 85.6 Å². The first-order chi connectivity index (χ1) is 10.2. The average molecular weight is 305 g/mol. The van der Waals surface area contributed by atoms with E-state index in [1.165, 1.54) is 0 Å². The smallest absolute Gasteiger partial charge is 0.163 e. The minimum atomic E-state index is 0.0785. The molecular weight excluding hydrogens is 268 g/mol. The summed E-state index contributed by atoms with van der Waals surface area (Å²) < 4.78 is 0. The second-order valence-electron chi connectivity index (χ2n) is 5.40. The van der Waals surface area contributed by atoms with Gasteiger partial charge < -0.3 is 0 Å². The maximum Gasteiger partial charge on any atom is 0.163 e. The molecule has 0 aliphatic rings. The Morgan fingerprint density at radius 2 is 1.36 bits per heavy atom. The number of allylic oxidation sites excluding steroid dienone is 6. The molecule has 0 radical (unpaired) electrons. The summed E-state index contributed by atoms with van der Waals surface area (Å²) in [6.45, 7) is 29.5. The van der Waals surface area contributed by atoms with Crippen LogP contribution >= 0.6 is 0 Å². The SMILES string of the molecule is C=C/C(C(=C)C(=C)C)=C(\C=C)C(=O)CCC.CC.CC(C)C. The van der Waals surface area contributed by atoms with Crippen molar-refractivity contribution >= 4 is 5.78 Å². The van der Waals surface area contributed by atoms with Gasteiger partial charge in [0.15, 0.2) is 5.78 Å². The molecule has 0 fully saturated rings. The Bertz CT molecular complexity index is 403. The Kier molecular flexibility index (Phi) is 18.1. The van der Waals surface area contributed by atoms with Crippen molar-refractivity contribution in [3.8, 4) is 0 Å². The molecule has 0 aromatic rings. The molecule has 0 bridgehead atoms. The zero-order valence-corrected chi connectivity index (χ0v) is 15.9. The summed E-state index contributed by atoms with van der Waals surface area (Å²) >= 11 is 0. The van der Waals surface area contributed by atoms with Crippen molar-refractivity contribution in [2.75, 3.05) is 0 Å². The van der Waals surface area contributed by atoms with E-state index in [0.29, 0.717) is 12.0 Å². The number of carbonyl (C=O) groups is 1. The summed E-state index contributed by atoms with van der Waals surface area (Å²) in [5.74, 6) is 0.912. The molecule has 0 saturated carbocycles. The topological polar surface area (TPSA) is 17.1 Å². The van der Waals surface area contributed by atoms with Crippen LogP contribution in [0.3, 0.4) is 0 Å². The molecule has 0 rings (SSSR count). The van der Waals surface area contributed by atoms with Crippen LogP contribution in [0, 0.1) is 5.92 Å². The van der Waals surface area contributed by atoms with Crippen LogP contribution in [0.25, 0.3) is 0 Å². The molecule has 0 aromatic heterocycles. The lowest BCUT2D eigenvalue weighted by molar-refractivity contribution is -0.115. The van der Waals surface area contributed by atoms with Gasteiger partial charge in [0.05, 0.1) is 0 Å². The predicted octanol–water partition coefficient (Wildman–Crippen LogP) is 6.85. The normalized spacial score (nSPS) is 10.2. The number of Topliss-reactive ketones (excluding diaryl/α,β-unsaturated/α-hetero) is 1. The molecule has 126 valence electrons. The van der Waals surface area contributed by atoms with Crippen LogP contribution in [0.5, 0.6) is 0 Å². The van der Waals surface area contributed by atoms with E-state index < -0.39 is 0 Å². The predicted molar refractivity (Wildman–Crippen MR) is 103 cm³/mol. The fourth-order valence-corrected chi connectivity index (χ4v) is 1.36. The van der Waals surface area contributed by atoms with Crippen LogP contribution in [-0.4, -0.2) is 5.78 Å². The molecule has 22 heavy (non-hydrogen) atoms. The number of hydrogen-bond acceptors (Lipinski definition) is 1. The Balaban J connectivity index is -0.000000516. The lowest BCUT2D eigenvalue weighted by atomic mass is 9.93. The number of rotatable bonds is 7. The van der Waals surface area contributed by atoms with Gasteiger partial charge in [0.25, 0.3) is 0 Å². The van der Waals surface area contributed by atoms with E-state index in [1.54, 1.807) is 12.2 Å². The van der Waals surface area contributed by atoms with E-state index in [2.05, 4.69) is 47.1 Å². The molecular formula is C21H36O. The summed E-state index contributed by atoms with van der Waals surface area (Å²) in [5.41, 5.74) is 2.90. The minimum absolute atomic E-state index is 0.0785. The monoisotopic (exact) mass is 304 g/mol. The molecule has 1 heteroatoms. The highest BCUT2D eigenvalue weighted by atomic mass is 16.1. The first-order valence-electron chi connectivity index (χ1n) is 8.10. The first-order valence-corrected chi connectivity index (χ1v) is 8.10. The Hall–Kier alpha value is -1.63. The van der Waals surface area contributed by atoms with E-state index in [9.17, 15) is 4.79 Å². The van der Waals surface area contributed by atoms with Gasteiger partial charge in [0.1, 0.15) is 0 Å². The van der Waals surface area contributed by atoms with Crippen molar-refractivity contribution in [3.05, 3.63) is 60.8 Å². The summed E-state index contributed by atoms with van der Waals surface area (Å²) in [7, 11) is 0. The van der Waals surface area contributed by atoms with E-state index in [-0.39, 0.29) is 5.78 Å². The lowest BCUT2D eigenvalue weighted by Crippen LogP contribution is -2.04. The summed E-state index contributed by atoms with van der Waals surface area (Å²) in [6.07, 6.45) is 4.55. The third-order valence-corrected chi connectivity index (χ3v) is 2.32. The van der Waals surface area contributed by atoms with Crippen molar-refractivity contribution in [2.24, 2.45) is 5.92 Å². The van der Waals surface area contributed by atoms with Crippen LogP contribution in [0.1, 0.15) is 61.3 Å². The standard InChI is InChI=1S/C15H20O.C4H10.C2H6/c1-7-10-15(16)14(9-3)13(8-2)12(6)11(4)5;1-4(2)3;1-2/h8-9H,2-4,6-7,10H2,1,5H3;4H,1-3H3;1-2H3/b14-13-;;. The third-order valence-electron chi connectivity index (χ3n) is 2.32. The number of carbonyl (C=O) groups excluding carboxylic acids is 1. The van der Waals surface area contributed by atoms with Crippen molar-refractivity contribution in [2.45, 2.75) is 61.3 Å². The lowest BCUT2D eigenvalue weighted by Gasteiger charge is -2.10. The quantitative estimate of drug-likeness (QED) is 0.371. The largest absolute Gasteiger partial charge is 0.294 e. The van der Waals surface area contributed by atoms with Gasteiger partial charge in [-0.3, -0.25) is 4.79 Å². The minimum Gasteiger partial charge on any atom is -0.294 e. The van der Waals surface area contributed by atoms with E-state index in [1.807, 2.05) is 27.7 Å². The summed E-state index contributed by atoms with van der Waals surface area (Å²) in [5, 5.41) is 0. The van der Waals surface area contributed by atoms with Crippen LogP contribution in [-0.2, 0) is 4.79 Å². The fraction of sp³-hybridized carbons (Fsp3) is 0.476. The van der Waals surface area contributed by atoms with Crippen molar-refractivity contribution < 1.29 is 4.79 Å². The highest BCUT2D eigenvalue weighted by Crippen LogP contribution is 2.22. The maximum absolute atomic E-state index is 11.9. The van der Waals surface area contributed by atoms with Gasteiger partial charge in [-0.25, -0.2) is 0 Å². The Labute approximate surface area is 139 Å². The number of hydrogen-bond donors (Lipinski definition) is 0. The molecule has 0 heterocycles. The summed E-state index contributed by atoms with van der Waals surface area (Å²) in [6, 6.07) is 0. The first kappa shape index (κ1) is 25.3. The van der Waals surface area contributed by atoms with Gasteiger partial charge in [0.2, 0.25) is 0 Å². The molecule has 0 amide bonds. The zero-order valence-electron chi connectivity index (χ0n) is 15.9. The fourth-order valence-electron chi connectivity index (χ4n) is 1.36. The van der Waals surface area contributed by atoms with E-state index in [4.69, 9.17) is 0 Å². The van der Waals surface area contributed by atoms with Gasteiger partial charge in [-0.15, -0.1) is 0 Å². The second kappa shape index (κ2) is 15.8. The Morgan fingerprint density at radius 3 is 1.59 bits per heavy atom. The van der Waals surface area contributed by atoms with Gasteiger partial charge in [-0.05, 0) is 30.4 Å². The maximum atomic E-state index is 11.9. The second-order valence-corrected chi connectivity index (χ2v) is 5.40. The highest BCUT2D eigenvalue weighted by molar-refractivity contribution is 6.00. The molecule has 1 nitrogen and oxygen atoms in total. The van der Waals surface area contributed by atoms with Crippen LogP contribution in [0.4, 0.5) is 0 Å². The van der Waals surface area contributed by atoms with Gasteiger partial charge in [0, 0.05) is 12.0 Å². The third kappa shape index (κ3) is 12.1.